The van der Waals surface area contributed by atoms with Gasteiger partial charge in [0.25, 0.3) is 5.69 Å². The number of piperazine rings is 1. The molecule has 0 radical (unpaired) electrons. The van der Waals surface area contributed by atoms with E-state index in [-0.39, 0.29) is 5.69 Å². The van der Waals surface area contributed by atoms with E-state index in [0.29, 0.717) is 11.9 Å². The fourth-order valence-corrected chi connectivity index (χ4v) is 1.83. The highest BCUT2D eigenvalue weighted by Gasteiger charge is 2.18. The van der Waals surface area contributed by atoms with Gasteiger partial charge in [0.1, 0.15) is 5.82 Å². The molecule has 16 heavy (non-hydrogen) atoms. The van der Waals surface area contributed by atoms with Gasteiger partial charge in [0.15, 0.2) is 0 Å². The van der Waals surface area contributed by atoms with Gasteiger partial charge in [0.05, 0.1) is 11.0 Å². The topological polar surface area (TPSA) is 71.3 Å². The van der Waals surface area contributed by atoms with Gasteiger partial charge in [-0.2, -0.15) is 0 Å². The van der Waals surface area contributed by atoms with Gasteiger partial charge in [0.2, 0.25) is 0 Å². The molecule has 0 aliphatic carbocycles. The average Bonchev–Trinajstić information content (AvgIpc) is 2.29. The number of aromatic nitrogens is 1. The molecule has 2 rings (SSSR count). The smallest absolute Gasteiger partial charge is 0.274 e. The van der Waals surface area contributed by atoms with Gasteiger partial charge in [-0.3, -0.25) is 10.1 Å². The van der Waals surface area contributed by atoms with Crippen LogP contribution in [0.4, 0.5) is 11.5 Å². The van der Waals surface area contributed by atoms with Gasteiger partial charge in [-0.25, -0.2) is 4.98 Å². The first-order valence-corrected chi connectivity index (χ1v) is 5.25. The van der Waals surface area contributed by atoms with E-state index in [2.05, 4.69) is 22.1 Å². The van der Waals surface area contributed by atoms with Crippen LogP contribution in [-0.4, -0.2) is 35.6 Å². The molecule has 2 heterocycles. The number of rotatable bonds is 2. The van der Waals surface area contributed by atoms with Gasteiger partial charge >= 0.3 is 0 Å². The van der Waals surface area contributed by atoms with Crippen LogP contribution >= 0.6 is 0 Å². The molecule has 6 nitrogen and oxygen atoms in total. The third kappa shape index (κ3) is 2.27. The van der Waals surface area contributed by atoms with Crippen LogP contribution in [0.15, 0.2) is 18.3 Å². The first-order chi connectivity index (χ1) is 7.66. The maximum Gasteiger partial charge on any atom is 0.274 e. The molecule has 1 saturated heterocycles. The Labute approximate surface area is 93.4 Å². The van der Waals surface area contributed by atoms with Crippen molar-refractivity contribution in [3.05, 3.63) is 28.4 Å². The van der Waals surface area contributed by atoms with Crippen LogP contribution in [0.25, 0.3) is 0 Å². The van der Waals surface area contributed by atoms with Crippen LogP contribution in [0.3, 0.4) is 0 Å². The number of nitro groups is 1. The van der Waals surface area contributed by atoms with Gasteiger partial charge in [-0.15, -0.1) is 0 Å². The number of anilines is 1. The molecule has 1 atom stereocenters. The summed E-state index contributed by atoms with van der Waals surface area (Å²) in [5, 5.41) is 14.0. The van der Waals surface area contributed by atoms with Crippen molar-refractivity contribution in [3.8, 4) is 0 Å². The van der Waals surface area contributed by atoms with Crippen LogP contribution in [0.5, 0.6) is 0 Å². The first kappa shape index (κ1) is 10.8. The Balaban J connectivity index is 2.19. The van der Waals surface area contributed by atoms with E-state index in [1.807, 2.05) is 0 Å². The third-order valence-corrected chi connectivity index (χ3v) is 2.63. The molecule has 1 fully saturated rings. The Morgan fingerprint density at radius 2 is 2.50 bits per heavy atom. The van der Waals surface area contributed by atoms with Crippen molar-refractivity contribution >= 4 is 11.5 Å². The molecule has 0 bridgehead atoms. The number of pyridine rings is 1. The van der Waals surface area contributed by atoms with Crippen molar-refractivity contribution in [1.82, 2.24) is 10.3 Å². The van der Waals surface area contributed by atoms with E-state index in [1.165, 1.54) is 18.3 Å². The highest BCUT2D eigenvalue weighted by Crippen LogP contribution is 2.18. The lowest BCUT2D eigenvalue weighted by Crippen LogP contribution is -2.49. The summed E-state index contributed by atoms with van der Waals surface area (Å²) in [6.45, 7) is 4.63. The van der Waals surface area contributed by atoms with E-state index >= 15 is 0 Å². The molecule has 1 unspecified atom stereocenters. The minimum Gasteiger partial charge on any atom is -0.354 e. The van der Waals surface area contributed by atoms with Crippen LogP contribution in [0.2, 0.25) is 0 Å². The molecule has 1 aromatic heterocycles. The molecular formula is C10H14N4O2. The normalized spacial score (nSPS) is 20.8. The first-order valence-electron chi connectivity index (χ1n) is 5.25. The fraction of sp³-hybridized carbons (Fsp3) is 0.500. The van der Waals surface area contributed by atoms with E-state index in [1.54, 1.807) is 0 Å². The predicted molar refractivity (Wildman–Crippen MR) is 60.6 cm³/mol. The van der Waals surface area contributed by atoms with Crippen LogP contribution in [0.1, 0.15) is 6.92 Å². The molecule has 1 aliphatic heterocycles. The summed E-state index contributed by atoms with van der Waals surface area (Å²) in [4.78, 5) is 16.5. The summed E-state index contributed by atoms with van der Waals surface area (Å²) in [5.41, 5.74) is 0.0937. The Bertz CT molecular complexity index is 396. The molecule has 0 amide bonds. The van der Waals surface area contributed by atoms with Crippen molar-refractivity contribution in [2.45, 2.75) is 13.0 Å². The quantitative estimate of drug-likeness (QED) is 0.591. The molecule has 0 spiro atoms. The standard InChI is InChI=1S/C10H14N4O2/c1-8-7-13(5-4-11-8)10-6-9(14(15)16)2-3-12-10/h2-3,6,8,11H,4-5,7H2,1H3. The van der Waals surface area contributed by atoms with Crippen LogP contribution < -0.4 is 10.2 Å². The average molecular weight is 222 g/mol. The minimum absolute atomic E-state index is 0.0937. The SMILES string of the molecule is CC1CN(c2cc([N+](=O)[O-])ccn2)CCN1. The highest BCUT2D eigenvalue weighted by atomic mass is 16.6. The van der Waals surface area contributed by atoms with Crippen molar-refractivity contribution < 1.29 is 4.92 Å². The van der Waals surface area contributed by atoms with Crippen LogP contribution in [-0.2, 0) is 0 Å². The van der Waals surface area contributed by atoms with Crippen molar-refractivity contribution in [1.29, 1.82) is 0 Å². The number of hydrogen-bond acceptors (Lipinski definition) is 5. The fourth-order valence-electron chi connectivity index (χ4n) is 1.83. The van der Waals surface area contributed by atoms with E-state index in [0.717, 1.165) is 19.6 Å². The van der Waals surface area contributed by atoms with Gasteiger partial charge < -0.3 is 10.2 Å². The Morgan fingerprint density at radius 1 is 1.69 bits per heavy atom. The van der Waals surface area contributed by atoms with E-state index < -0.39 is 4.92 Å². The molecule has 6 heteroatoms. The molecule has 86 valence electrons. The van der Waals surface area contributed by atoms with Crippen LogP contribution in [0, 0.1) is 10.1 Å². The second-order valence-electron chi connectivity index (χ2n) is 3.93. The Morgan fingerprint density at radius 3 is 3.19 bits per heavy atom. The number of hydrogen-bond donors (Lipinski definition) is 1. The minimum atomic E-state index is -0.392. The lowest BCUT2D eigenvalue weighted by atomic mass is 10.2. The van der Waals surface area contributed by atoms with Gasteiger partial charge in [0, 0.05) is 37.9 Å². The maximum atomic E-state index is 10.6. The Hall–Kier alpha value is -1.69. The number of nitrogens with zero attached hydrogens (tertiary/aromatic N) is 3. The summed E-state index contributed by atoms with van der Waals surface area (Å²) in [6.07, 6.45) is 1.49. The van der Waals surface area contributed by atoms with E-state index in [9.17, 15) is 10.1 Å². The van der Waals surface area contributed by atoms with Crippen molar-refractivity contribution in [3.63, 3.8) is 0 Å². The monoisotopic (exact) mass is 222 g/mol. The Kier molecular flexibility index (Phi) is 3.00. The molecule has 0 aromatic carbocycles. The predicted octanol–water partition coefficient (Wildman–Crippen LogP) is 0.788. The number of nitrogens with one attached hydrogen (secondary N) is 1. The third-order valence-electron chi connectivity index (χ3n) is 2.63. The zero-order valence-corrected chi connectivity index (χ0v) is 9.09. The van der Waals surface area contributed by atoms with Gasteiger partial charge in [-0.05, 0) is 6.92 Å². The largest absolute Gasteiger partial charge is 0.354 e. The second-order valence-corrected chi connectivity index (χ2v) is 3.93. The van der Waals surface area contributed by atoms with Crippen molar-refractivity contribution in [2.24, 2.45) is 0 Å². The zero-order chi connectivity index (χ0) is 11.5. The highest BCUT2D eigenvalue weighted by molar-refractivity contribution is 5.47. The molecule has 1 N–H and O–H groups in total. The lowest BCUT2D eigenvalue weighted by molar-refractivity contribution is -0.384. The summed E-state index contributed by atoms with van der Waals surface area (Å²) < 4.78 is 0. The summed E-state index contributed by atoms with van der Waals surface area (Å²) in [6, 6.07) is 3.32. The lowest BCUT2D eigenvalue weighted by Gasteiger charge is -2.32. The molecule has 1 aromatic rings. The van der Waals surface area contributed by atoms with Crippen molar-refractivity contribution in [2.75, 3.05) is 24.5 Å². The zero-order valence-electron chi connectivity index (χ0n) is 9.09. The maximum absolute atomic E-state index is 10.6. The second kappa shape index (κ2) is 4.44. The summed E-state index contributed by atoms with van der Waals surface area (Å²) in [5.74, 6) is 0.683. The summed E-state index contributed by atoms with van der Waals surface area (Å²) >= 11 is 0. The van der Waals surface area contributed by atoms with E-state index in [4.69, 9.17) is 0 Å². The van der Waals surface area contributed by atoms with Gasteiger partial charge in [-0.1, -0.05) is 0 Å². The molecule has 0 saturated carbocycles. The molecule has 1 aliphatic rings. The molecular weight excluding hydrogens is 208 g/mol. The summed E-state index contributed by atoms with van der Waals surface area (Å²) in [7, 11) is 0.